The highest BCUT2D eigenvalue weighted by Gasteiger charge is 2.42. The summed E-state index contributed by atoms with van der Waals surface area (Å²) in [5.41, 5.74) is 8.09. The van der Waals surface area contributed by atoms with Crippen LogP contribution >= 0.6 is 0 Å². The number of hydrogen-bond donors (Lipinski definition) is 2. The Bertz CT molecular complexity index is 1990. The Kier molecular flexibility index (Phi) is 9.24. The molecule has 14 heteroatoms. The number of likely N-dealkylation sites (tertiary alicyclic amines) is 2. The van der Waals surface area contributed by atoms with Crippen molar-refractivity contribution in [3.8, 4) is 0 Å². The number of piperidine rings is 2. The van der Waals surface area contributed by atoms with Crippen LogP contribution in [0.3, 0.4) is 0 Å². The predicted octanol–water partition coefficient (Wildman–Crippen LogP) is 2.57. The average molecular weight is 725 g/mol. The second-order valence-electron chi connectivity index (χ2n) is 15.3. The summed E-state index contributed by atoms with van der Waals surface area (Å²) in [5.74, 6) is 0.708. The van der Waals surface area contributed by atoms with Crippen molar-refractivity contribution in [1.29, 1.82) is 0 Å². The quantitative estimate of drug-likeness (QED) is 0.316. The van der Waals surface area contributed by atoms with Crippen molar-refractivity contribution in [3.63, 3.8) is 0 Å². The normalized spacial score (nSPS) is 27.0. The van der Waals surface area contributed by atoms with E-state index in [1.807, 2.05) is 0 Å². The Balaban J connectivity index is 0.000000157. The van der Waals surface area contributed by atoms with E-state index in [4.69, 9.17) is 0 Å². The molecule has 272 valence electrons. The third-order valence-electron chi connectivity index (χ3n) is 11.7. The number of likely N-dealkylation sites (N-methyl/N-ethyl adjacent to an activating group) is 2. The number of aromatic nitrogens is 2. The van der Waals surface area contributed by atoms with Crippen LogP contribution in [0.2, 0.25) is 0 Å². The molecule has 4 aromatic rings. The van der Waals surface area contributed by atoms with Crippen LogP contribution < -0.4 is 9.44 Å². The van der Waals surface area contributed by atoms with Crippen LogP contribution in [-0.2, 0) is 47.4 Å². The van der Waals surface area contributed by atoms with Crippen molar-refractivity contribution in [3.05, 3.63) is 71.0 Å². The molecule has 2 aromatic carbocycles. The molecule has 2 saturated heterocycles. The second kappa shape index (κ2) is 13.0. The van der Waals surface area contributed by atoms with Gasteiger partial charge in [-0.3, -0.25) is 0 Å². The summed E-state index contributed by atoms with van der Waals surface area (Å²) in [6.07, 6.45) is 8.24. The molecule has 2 aliphatic carbocycles. The largest absolute Gasteiger partial charge is 0.350 e. The molecule has 2 fully saturated rings. The molecule has 8 rings (SSSR count). The zero-order valence-electron chi connectivity index (χ0n) is 30.5. The summed E-state index contributed by atoms with van der Waals surface area (Å²) in [6, 6.07) is 13.7. The van der Waals surface area contributed by atoms with Gasteiger partial charge in [-0.1, -0.05) is 24.3 Å². The number of nitrogens with one attached hydrogen (secondary N) is 2. The van der Waals surface area contributed by atoms with E-state index in [-0.39, 0.29) is 12.1 Å². The molecule has 4 heterocycles. The van der Waals surface area contributed by atoms with Crippen LogP contribution in [0.4, 0.5) is 0 Å². The first-order valence-electron chi connectivity index (χ1n) is 17.5. The molecule has 6 atom stereocenters. The SMILES string of the molecule is CN1C[C@@H](NS(=O)(=O)N(C)C)C[C@@H]2c3cccc4c3c(cn4C)C[C@H]21.CN1C[C@@H](NS(=O)(=O)N(C)C)C[C@@H]2c3cccc4c3c(cn4C)C[C@H]21. The molecule has 50 heavy (non-hydrogen) atoms. The van der Waals surface area contributed by atoms with Gasteiger partial charge in [0.15, 0.2) is 0 Å². The zero-order chi connectivity index (χ0) is 35.9. The lowest BCUT2D eigenvalue weighted by Gasteiger charge is -2.45. The number of nitrogens with zero attached hydrogens (tertiary/aromatic N) is 6. The van der Waals surface area contributed by atoms with Crippen LogP contribution in [0.25, 0.3) is 21.8 Å². The molecular weight excluding hydrogens is 673 g/mol. The Morgan fingerprint density at radius 1 is 0.620 bits per heavy atom. The minimum Gasteiger partial charge on any atom is -0.350 e. The molecule has 4 aliphatic rings. The van der Waals surface area contributed by atoms with Crippen molar-refractivity contribution >= 4 is 42.2 Å². The predicted molar refractivity (Wildman–Crippen MR) is 200 cm³/mol. The summed E-state index contributed by atoms with van der Waals surface area (Å²) >= 11 is 0. The lowest BCUT2D eigenvalue weighted by molar-refractivity contribution is 0.135. The van der Waals surface area contributed by atoms with E-state index >= 15 is 0 Å². The first kappa shape index (κ1) is 35.6. The van der Waals surface area contributed by atoms with E-state index in [0.717, 1.165) is 38.8 Å². The third kappa shape index (κ3) is 6.21. The minimum absolute atomic E-state index is 0.0702. The molecule has 0 saturated carbocycles. The van der Waals surface area contributed by atoms with Crippen LogP contribution in [0.5, 0.6) is 0 Å². The van der Waals surface area contributed by atoms with E-state index in [1.165, 1.54) is 52.7 Å². The van der Waals surface area contributed by atoms with Crippen molar-refractivity contribution in [2.75, 3.05) is 55.4 Å². The van der Waals surface area contributed by atoms with E-state index in [2.05, 4.69) is 105 Å². The standard InChI is InChI=1S/2C18H26N4O2S/c2*1-20(2)25(23,24)19-13-9-15-14-6-5-7-16-18(14)12(10-21(16)3)8-17(15)22(4)11-13/h2*5-7,10,13,15,17,19H,8-9,11H2,1-4H3/t2*13-,15+,17+/m00/s1. The molecule has 0 amide bonds. The number of aryl methyl sites for hydroxylation is 2. The van der Waals surface area contributed by atoms with Gasteiger partial charge in [0.25, 0.3) is 20.4 Å². The Morgan fingerprint density at radius 3 is 1.36 bits per heavy atom. The fourth-order valence-corrected chi connectivity index (χ4v) is 10.8. The highest BCUT2D eigenvalue weighted by Crippen LogP contribution is 2.45. The van der Waals surface area contributed by atoms with Crippen LogP contribution in [0, 0.1) is 0 Å². The zero-order valence-corrected chi connectivity index (χ0v) is 32.1. The van der Waals surface area contributed by atoms with Crippen LogP contribution in [0.15, 0.2) is 48.8 Å². The molecule has 2 aromatic heterocycles. The van der Waals surface area contributed by atoms with Gasteiger partial charge in [0.1, 0.15) is 0 Å². The van der Waals surface area contributed by atoms with Gasteiger partial charge in [0.05, 0.1) is 0 Å². The summed E-state index contributed by atoms with van der Waals surface area (Å²) in [4.78, 5) is 4.65. The van der Waals surface area contributed by atoms with E-state index < -0.39 is 20.4 Å². The summed E-state index contributed by atoms with van der Waals surface area (Å²) in [7, 11) is 7.85. The van der Waals surface area contributed by atoms with Crippen molar-refractivity contribution in [1.82, 2.24) is 37.0 Å². The molecule has 0 unspecified atom stereocenters. The second-order valence-corrected chi connectivity index (χ2v) is 19.2. The summed E-state index contributed by atoms with van der Waals surface area (Å²) in [5, 5.41) is 2.74. The topological polar surface area (TPSA) is 115 Å². The van der Waals surface area contributed by atoms with Gasteiger partial charge in [-0.15, -0.1) is 0 Å². The highest BCUT2D eigenvalue weighted by molar-refractivity contribution is 7.87. The molecule has 12 nitrogen and oxygen atoms in total. The van der Waals surface area contributed by atoms with Gasteiger partial charge in [-0.25, -0.2) is 0 Å². The van der Waals surface area contributed by atoms with Gasteiger partial charge in [-0.2, -0.15) is 34.9 Å². The van der Waals surface area contributed by atoms with Crippen molar-refractivity contribution in [2.45, 2.75) is 61.7 Å². The lowest BCUT2D eigenvalue weighted by Crippen LogP contribution is -2.56. The number of hydrogen-bond acceptors (Lipinski definition) is 6. The summed E-state index contributed by atoms with van der Waals surface area (Å²) < 4.78 is 61.6. The highest BCUT2D eigenvalue weighted by atomic mass is 32.2. The van der Waals surface area contributed by atoms with E-state index in [9.17, 15) is 16.8 Å². The fourth-order valence-electron chi connectivity index (χ4n) is 9.24. The Labute approximate surface area is 297 Å². The van der Waals surface area contributed by atoms with Crippen molar-refractivity contribution < 1.29 is 16.8 Å². The molecular formula is C36H52N8O4S2. The number of fused-ring (bicyclic) bond motifs is 4. The van der Waals surface area contributed by atoms with E-state index in [1.54, 1.807) is 28.2 Å². The molecule has 2 aliphatic heterocycles. The minimum atomic E-state index is -3.41. The molecule has 0 radical (unpaired) electrons. The maximum Gasteiger partial charge on any atom is 0.279 e. The molecule has 0 spiro atoms. The maximum absolute atomic E-state index is 12.3. The van der Waals surface area contributed by atoms with Gasteiger partial charge < -0.3 is 18.9 Å². The number of rotatable bonds is 6. The maximum atomic E-state index is 12.3. The first-order valence-corrected chi connectivity index (χ1v) is 20.4. The Hall–Kier alpha value is -2.82. The lowest BCUT2D eigenvalue weighted by atomic mass is 9.74. The van der Waals surface area contributed by atoms with Gasteiger partial charge in [-0.05, 0) is 74.2 Å². The van der Waals surface area contributed by atoms with Crippen LogP contribution in [0.1, 0.15) is 46.9 Å². The van der Waals surface area contributed by atoms with Crippen molar-refractivity contribution in [2.24, 2.45) is 14.1 Å². The molecule has 0 bridgehead atoms. The van der Waals surface area contributed by atoms with Gasteiger partial charge in [0, 0.05) is 126 Å². The fraction of sp³-hybridized carbons (Fsp3) is 0.556. The van der Waals surface area contributed by atoms with E-state index in [0.29, 0.717) is 23.9 Å². The molecule has 2 N–H and O–H groups in total. The first-order chi connectivity index (χ1) is 23.6. The average Bonchev–Trinajstić information content (AvgIpc) is 3.55. The monoisotopic (exact) mass is 724 g/mol. The number of benzene rings is 2. The Morgan fingerprint density at radius 2 is 1.00 bits per heavy atom. The van der Waals surface area contributed by atoms with Gasteiger partial charge >= 0.3 is 0 Å². The third-order valence-corrected chi connectivity index (χ3v) is 14.8. The van der Waals surface area contributed by atoms with Gasteiger partial charge in [0.2, 0.25) is 0 Å². The smallest absolute Gasteiger partial charge is 0.279 e. The van der Waals surface area contributed by atoms with Crippen LogP contribution in [-0.4, -0.2) is 124 Å². The summed E-state index contributed by atoms with van der Waals surface area (Å²) in [6.45, 7) is 1.48.